The van der Waals surface area contributed by atoms with Gasteiger partial charge in [-0.3, -0.25) is 0 Å². The molecule has 102 valence electrons. The molecule has 0 saturated carbocycles. The standard InChI is InChI=1S/C15H20N2O2/c1-11(2)18-14-6-4-13(5-7-14)12(3)16-10-15-8-9-17-19-15/h4-9,11-12,16H,10H2,1-3H3. The van der Waals surface area contributed by atoms with Gasteiger partial charge in [0.1, 0.15) is 11.5 Å². The first-order valence-corrected chi connectivity index (χ1v) is 6.54. The van der Waals surface area contributed by atoms with Gasteiger partial charge in [-0.25, -0.2) is 0 Å². The maximum Gasteiger partial charge on any atom is 0.150 e. The second kappa shape index (κ2) is 6.38. The largest absolute Gasteiger partial charge is 0.491 e. The number of hydrogen-bond donors (Lipinski definition) is 1. The first kappa shape index (κ1) is 13.6. The van der Waals surface area contributed by atoms with Gasteiger partial charge in [0.05, 0.1) is 18.8 Å². The average molecular weight is 260 g/mol. The van der Waals surface area contributed by atoms with E-state index in [1.54, 1.807) is 6.20 Å². The van der Waals surface area contributed by atoms with E-state index >= 15 is 0 Å². The molecule has 0 bridgehead atoms. The van der Waals surface area contributed by atoms with Crippen LogP contribution in [0.2, 0.25) is 0 Å². The van der Waals surface area contributed by atoms with Gasteiger partial charge in [-0.1, -0.05) is 17.3 Å². The number of nitrogens with one attached hydrogen (secondary N) is 1. The lowest BCUT2D eigenvalue weighted by molar-refractivity contribution is 0.242. The highest BCUT2D eigenvalue weighted by molar-refractivity contribution is 5.29. The van der Waals surface area contributed by atoms with E-state index in [1.807, 2.05) is 32.0 Å². The Morgan fingerprint density at radius 3 is 2.47 bits per heavy atom. The van der Waals surface area contributed by atoms with Crippen LogP contribution in [0, 0.1) is 0 Å². The molecular weight excluding hydrogens is 240 g/mol. The molecule has 0 fully saturated rings. The fourth-order valence-corrected chi connectivity index (χ4v) is 1.81. The maximum absolute atomic E-state index is 5.62. The molecule has 1 aromatic heterocycles. The highest BCUT2D eigenvalue weighted by atomic mass is 16.5. The van der Waals surface area contributed by atoms with Crippen molar-refractivity contribution in [3.05, 3.63) is 47.9 Å². The lowest BCUT2D eigenvalue weighted by Crippen LogP contribution is -2.17. The molecule has 4 nitrogen and oxygen atoms in total. The lowest BCUT2D eigenvalue weighted by Gasteiger charge is -2.15. The summed E-state index contributed by atoms with van der Waals surface area (Å²) in [5.41, 5.74) is 1.22. The summed E-state index contributed by atoms with van der Waals surface area (Å²) in [6.07, 6.45) is 1.85. The van der Waals surface area contributed by atoms with E-state index in [0.29, 0.717) is 6.54 Å². The minimum absolute atomic E-state index is 0.202. The summed E-state index contributed by atoms with van der Waals surface area (Å²) in [7, 11) is 0. The highest BCUT2D eigenvalue weighted by Gasteiger charge is 2.06. The van der Waals surface area contributed by atoms with E-state index in [9.17, 15) is 0 Å². The van der Waals surface area contributed by atoms with Crippen molar-refractivity contribution in [3.63, 3.8) is 0 Å². The Kier molecular flexibility index (Phi) is 4.58. The molecule has 2 rings (SSSR count). The minimum Gasteiger partial charge on any atom is -0.491 e. The fourth-order valence-electron chi connectivity index (χ4n) is 1.81. The molecule has 0 radical (unpaired) electrons. The Morgan fingerprint density at radius 1 is 1.16 bits per heavy atom. The van der Waals surface area contributed by atoms with Gasteiger partial charge in [0, 0.05) is 12.1 Å². The summed E-state index contributed by atoms with van der Waals surface area (Å²) >= 11 is 0. The number of hydrogen-bond acceptors (Lipinski definition) is 4. The van der Waals surface area contributed by atoms with Crippen molar-refractivity contribution in [2.24, 2.45) is 0 Å². The zero-order valence-corrected chi connectivity index (χ0v) is 11.6. The van der Waals surface area contributed by atoms with E-state index in [2.05, 4.69) is 29.5 Å². The molecule has 1 atom stereocenters. The number of ether oxygens (including phenoxy) is 1. The minimum atomic E-state index is 0.202. The molecular formula is C15H20N2O2. The van der Waals surface area contributed by atoms with Crippen LogP contribution in [-0.4, -0.2) is 11.3 Å². The molecule has 4 heteroatoms. The Labute approximate surface area is 113 Å². The van der Waals surface area contributed by atoms with E-state index in [-0.39, 0.29) is 12.1 Å². The Hall–Kier alpha value is -1.81. The molecule has 1 heterocycles. The van der Waals surface area contributed by atoms with Gasteiger partial charge in [-0.05, 0) is 38.5 Å². The summed E-state index contributed by atoms with van der Waals surface area (Å²) in [5.74, 6) is 1.74. The highest BCUT2D eigenvalue weighted by Crippen LogP contribution is 2.18. The Bertz CT molecular complexity index is 477. The lowest BCUT2D eigenvalue weighted by atomic mass is 10.1. The Balaban J connectivity index is 1.90. The molecule has 0 amide bonds. The molecule has 0 aliphatic heterocycles. The van der Waals surface area contributed by atoms with Crippen LogP contribution in [0.5, 0.6) is 5.75 Å². The molecule has 1 unspecified atom stereocenters. The van der Waals surface area contributed by atoms with Crippen molar-refractivity contribution in [1.82, 2.24) is 10.5 Å². The van der Waals surface area contributed by atoms with Crippen LogP contribution in [0.25, 0.3) is 0 Å². The van der Waals surface area contributed by atoms with E-state index in [1.165, 1.54) is 5.56 Å². The van der Waals surface area contributed by atoms with Gasteiger partial charge in [0.15, 0.2) is 0 Å². The smallest absolute Gasteiger partial charge is 0.150 e. The second-order valence-electron chi connectivity index (χ2n) is 4.82. The number of aromatic nitrogens is 1. The van der Waals surface area contributed by atoms with Crippen molar-refractivity contribution in [3.8, 4) is 5.75 Å². The van der Waals surface area contributed by atoms with Crippen molar-refractivity contribution in [2.75, 3.05) is 0 Å². The molecule has 1 N–H and O–H groups in total. The van der Waals surface area contributed by atoms with Crippen LogP contribution in [0.3, 0.4) is 0 Å². The van der Waals surface area contributed by atoms with Crippen LogP contribution in [0.4, 0.5) is 0 Å². The van der Waals surface area contributed by atoms with Crippen LogP contribution in [0.15, 0.2) is 41.1 Å². The number of nitrogens with zero attached hydrogens (tertiary/aromatic N) is 1. The molecule has 0 aliphatic rings. The van der Waals surface area contributed by atoms with Gasteiger partial charge >= 0.3 is 0 Å². The van der Waals surface area contributed by atoms with E-state index in [0.717, 1.165) is 11.5 Å². The van der Waals surface area contributed by atoms with Gasteiger partial charge in [-0.15, -0.1) is 0 Å². The van der Waals surface area contributed by atoms with Gasteiger partial charge in [0.25, 0.3) is 0 Å². The van der Waals surface area contributed by atoms with Gasteiger partial charge < -0.3 is 14.6 Å². The number of benzene rings is 1. The third kappa shape index (κ3) is 4.10. The van der Waals surface area contributed by atoms with Crippen LogP contribution >= 0.6 is 0 Å². The summed E-state index contributed by atoms with van der Waals surface area (Å²) in [4.78, 5) is 0. The summed E-state index contributed by atoms with van der Waals surface area (Å²) < 4.78 is 10.7. The fraction of sp³-hybridized carbons (Fsp3) is 0.400. The number of rotatable bonds is 6. The molecule has 2 aromatic rings. The molecule has 0 aliphatic carbocycles. The predicted molar refractivity (Wildman–Crippen MR) is 74.0 cm³/mol. The van der Waals surface area contributed by atoms with Gasteiger partial charge in [-0.2, -0.15) is 0 Å². The van der Waals surface area contributed by atoms with Crippen molar-refractivity contribution in [1.29, 1.82) is 0 Å². The van der Waals surface area contributed by atoms with Crippen molar-refractivity contribution >= 4 is 0 Å². The monoisotopic (exact) mass is 260 g/mol. The third-order valence-electron chi connectivity index (χ3n) is 2.83. The Morgan fingerprint density at radius 2 is 1.89 bits per heavy atom. The zero-order chi connectivity index (χ0) is 13.7. The molecule has 0 spiro atoms. The zero-order valence-electron chi connectivity index (χ0n) is 11.6. The quantitative estimate of drug-likeness (QED) is 0.865. The van der Waals surface area contributed by atoms with Crippen LogP contribution in [-0.2, 0) is 6.54 Å². The molecule has 19 heavy (non-hydrogen) atoms. The van der Waals surface area contributed by atoms with Crippen molar-refractivity contribution < 1.29 is 9.26 Å². The topological polar surface area (TPSA) is 47.3 Å². The molecule has 0 saturated heterocycles. The first-order chi connectivity index (χ1) is 9.15. The van der Waals surface area contributed by atoms with E-state index in [4.69, 9.17) is 9.26 Å². The van der Waals surface area contributed by atoms with E-state index < -0.39 is 0 Å². The summed E-state index contributed by atoms with van der Waals surface area (Å²) in [6.45, 7) is 6.84. The van der Waals surface area contributed by atoms with Crippen molar-refractivity contribution in [2.45, 2.75) is 39.5 Å². The van der Waals surface area contributed by atoms with Gasteiger partial charge in [0.2, 0.25) is 0 Å². The first-order valence-electron chi connectivity index (χ1n) is 6.54. The summed E-state index contributed by atoms with van der Waals surface area (Å²) in [6, 6.07) is 10.3. The average Bonchev–Trinajstić information content (AvgIpc) is 2.89. The van der Waals surface area contributed by atoms with Crippen LogP contribution < -0.4 is 10.1 Å². The molecule has 1 aromatic carbocycles. The second-order valence-corrected chi connectivity index (χ2v) is 4.82. The normalized spacial score (nSPS) is 12.6. The maximum atomic E-state index is 5.62. The third-order valence-corrected chi connectivity index (χ3v) is 2.83. The van der Waals surface area contributed by atoms with Crippen LogP contribution in [0.1, 0.15) is 38.1 Å². The summed E-state index contributed by atoms with van der Waals surface area (Å²) in [5, 5.41) is 7.07. The predicted octanol–water partition coefficient (Wildman–Crippen LogP) is 3.31. The SMILES string of the molecule is CC(C)Oc1ccc(C(C)NCc2ccno2)cc1.